The SMILES string of the molecule is O=C(O)[C@@H]1C[C@H](O)CN1C(=O)NCCOc1ccccc1. The van der Waals surface area contributed by atoms with Crippen LogP contribution in [0, 0.1) is 0 Å². The third-order valence-corrected chi connectivity index (χ3v) is 3.22. The minimum absolute atomic E-state index is 0.0301. The number of aliphatic hydroxyl groups excluding tert-OH is 1. The molecule has 0 saturated carbocycles. The van der Waals surface area contributed by atoms with Crippen molar-refractivity contribution in [3.05, 3.63) is 30.3 Å². The summed E-state index contributed by atoms with van der Waals surface area (Å²) < 4.78 is 5.42. The van der Waals surface area contributed by atoms with Crippen LogP contribution in [0.1, 0.15) is 6.42 Å². The number of ether oxygens (including phenoxy) is 1. The van der Waals surface area contributed by atoms with E-state index in [0.717, 1.165) is 4.90 Å². The Balaban J connectivity index is 1.75. The third-order valence-electron chi connectivity index (χ3n) is 3.22. The Morgan fingerprint density at radius 2 is 2.05 bits per heavy atom. The highest BCUT2D eigenvalue weighted by atomic mass is 16.5. The lowest BCUT2D eigenvalue weighted by molar-refractivity contribution is -0.141. The Bertz CT molecular complexity index is 493. The van der Waals surface area contributed by atoms with Gasteiger partial charge in [0.15, 0.2) is 0 Å². The number of para-hydroxylation sites is 1. The average Bonchev–Trinajstić information content (AvgIpc) is 2.87. The van der Waals surface area contributed by atoms with Gasteiger partial charge in [-0.15, -0.1) is 0 Å². The number of hydrogen-bond acceptors (Lipinski definition) is 4. The Kier molecular flexibility index (Phi) is 4.99. The fraction of sp³-hybridized carbons (Fsp3) is 0.429. The minimum atomic E-state index is -1.11. The number of hydrogen-bond donors (Lipinski definition) is 3. The summed E-state index contributed by atoms with van der Waals surface area (Å²) in [6, 6.07) is 7.69. The molecule has 1 aromatic carbocycles. The Morgan fingerprint density at radius 1 is 1.33 bits per heavy atom. The second-order valence-electron chi connectivity index (χ2n) is 4.79. The molecule has 7 nitrogen and oxygen atoms in total. The first-order valence-electron chi connectivity index (χ1n) is 6.71. The molecule has 1 aromatic rings. The van der Waals surface area contributed by atoms with E-state index in [2.05, 4.69) is 5.32 Å². The molecule has 1 saturated heterocycles. The number of aliphatic carboxylic acids is 1. The monoisotopic (exact) mass is 294 g/mol. The quantitative estimate of drug-likeness (QED) is 0.678. The van der Waals surface area contributed by atoms with E-state index in [1.807, 2.05) is 18.2 Å². The number of likely N-dealkylation sites (tertiary alicyclic amines) is 1. The first-order chi connectivity index (χ1) is 10.1. The third kappa shape index (κ3) is 4.09. The van der Waals surface area contributed by atoms with Crippen molar-refractivity contribution in [2.45, 2.75) is 18.6 Å². The zero-order chi connectivity index (χ0) is 15.2. The lowest BCUT2D eigenvalue weighted by Crippen LogP contribution is -2.47. The normalized spacial score (nSPS) is 21.1. The number of nitrogens with zero attached hydrogens (tertiary/aromatic N) is 1. The molecule has 0 unspecified atom stereocenters. The number of rotatable bonds is 5. The van der Waals surface area contributed by atoms with Gasteiger partial charge in [-0.05, 0) is 12.1 Å². The van der Waals surface area contributed by atoms with Crippen LogP contribution in [0.5, 0.6) is 5.75 Å². The highest BCUT2D eigenvalue weighted by molar-refractivity contribution is 5.83. The van der Waals surface area contributed by atoms with E-state index >= 15 is 0 Å². The van der Waals surface area contributed by atoms with Crippen molar-refractivity contribution in [2.24, 2.45) is 0 Å². The highest BCUT2D eigenvalue weighted by Crippen LogP contribution is 2.18. The summed E-state index contributed by atoms with van der Waals surface area (Å²) in [5, 5.41) is 21.1. The van der Waals surface area contributed by atoms with E-state index in [-0.39, 0.29) is 26.1 Å². The van der Waals surface area contributed by atoms with E-state index in [0.29, 0.717) is 5.75 Å². The lowest BCUT2D eigenvalue weighted by atomic mass is 10.2. The zero-order valence-corrected chi connectivity index (χ0v) is 11.4. The molecule has 2 rings (SSSR count). The summed E-state index contributed by atoms with van der Waals surface area (Å²) in [6.45, 7) is 0.568. The smallest absolute Gasteiger partial charge is 0.326 e. The zero-order valence-electron chi connectivity index (χ0n) is 11.4. The van der Waals surface area contributed by atoms with Crippen LogP contribution in [0.2, 0.25) is 0 Å². The summed E-state index contributed by atoms with van der Waals surface area (Å²) in [5.74, 6) is -0.408. The van der Waals surface area contributed by atoms with Gasteiger partial charge >= 0.3 is 12.0 Å². The fourth-order valence-electron chi connectivity index (χ4n) is 2.22. The number of amides is 2. The van der Waals surface area contributed by atoms with Crippen molar-refractivity contribution in [3.8, 4) is 5.75 Å². The van der Waals surface area contributed by atoms with Crippen LogP contribution >= 0.6 is 0 Å². The van der Waals surface area contributed by atoms with Crippen LogP contribution in [-0.2, 0) is 4.79 Å². The molecule has 0 radical (unpaired) electrons. The van der Waals surface area contributed by atoms with Crippen LogP contribution in [0.3, 0.4) is 0 Å². The van der Waals surface area contributed by atoms with Gasteiger partial charge in [-0.3, -0.25) is 0 Å². The summed E-state index contributed by atoms with van der Waals surface area (Å²) in [5.41, 5.74) is 0. The van der Waals surface area contributed by atoms with Gasteiger partial charge in [-0.25, -0.2) is 9.59 Å². The summed E-state index contributed by atoms with van der Waals surface area (Å²) in [7, 11) is 0. The van der Waals surface area contributed by atoms with Crippen LogP contribution in [0.15, 0.2) is 30.3 Å². The number of carbonyl (C=O) groups excluding carboxylic acids is 1. The average molecular weight is 294 g/mol. The van der Waals surface area contributed by atoms with E-state index in [9.17, 15) is 14.7 Å². The van der Waals surface area contributed by atoms with Gasteiger partial charge in [0, 0.05) is 13.0 Å². The molecule has 2 amide bonds. The predicted molar refractivity (Wildman–Crippen MR) is 74.1 cm³/mol. The number of β-amino-alcohol motifs (C(OH)–C–C–N with tert-alkyl or cyclic N) is 1. The molecular weight excluding hydrogens is 276 g/mol. The molecule has 0 spiro atoms. The van der Waals surface area contributed by atoms with Gasteiger partial charge in [0.2, 0.25) is 0 Å². The van der Waals surface area contributed by atoms with Gasteiger partial charge in [0.05, 0.1) is 12.6 Å². The number of aliphatic hydroxyl groups is 1. The van der Waals surface area contributed by atoms with Crippen LogP contribution in [0.25, 0.3) is 0 Å². The maximum Gasteiger partial charge on any atom is 0.326 e. The molecule has 0 bridgehead atoms. The largest absolute Gasteiger partial charge is 0.492 e. The molecule has 0 aliphatic carbocycles. The maximum absolute atomic E-state index is 11.9. The molecule has 3 N–H and O–H groups in total. The van der Waals surface area contributed by atoms with E-state index in [1.165, 1.54) is 0 Å². The molecule has 0 aromatic heterocycles. The molecular formula is C14H18N2O5. The van der Waals surface area contributed by atoms with Crippen molar-refractivity contribution in [1.82, 2.24) is 10.2 Å². The maximum atomic E-state index is 11.9. The van der Waals surface area contributed by atoms with E-state index < -0.39 is 24.1 Å². The molecule has 114 valence electrons. The Labute approximate surface area is 122 Å². The van der Waals surface area contributed by atoms with Gasteiger partial charge < -0.3 is 25.2 Å². The van der Waals surface area contributed by atoms with Gasteiger partial charge in [0.25, 0.3) is 0 Å². The number of carboxylic acid groups (broad SMARTS) is 1. The number of carboxylic acids is 1. The fourth-order valence-corrected chi connectivity index (χ4v) is 2.22. The van der Waals surface area contributed by atoms with Crippen LogP contribution < -0.4 is 10.1 Å². The molecule has 7 heteroatoms. The van der Waals surface area contributed by atoms with Crippen molar-refractivity contribution >= 4 is 12.0 Å². The number of nitrogens with one attached hydrogen (secondary N) is 1. The summed E-state index contributed by atoms with van der Waals surface area (Å²) >= 11 is 0. The Morgan fingerprint density at radius 3 is 2.71 bits per heavy atom. The van der Waals surface area contributed by atoms with Crippen molar-refractivity contribution < 1.29 is 24.5 Å². The number of urea groups is 1. The lowest BCUT2D eigenvalue weighted by Gasteiger charge is -2.21. The first kappa shape index (κ1) is 15.1. The highest BCUT2D eigenvalue weighted by Gasteiger charge is 2.38. The molecule has 2 atom stereocenters. The van der Waals surface area contributed by atoms with Crippen molar-refractivity contribution in [3.63, 3.8) is 0 Å². The molecule has 1 aliphatic heterocycles. The van der Waals surface area contributed by atoms with Gasteiger partial charge in [0.1, 0.15) is 18.4 Å². The molecule has 1 aliphatic rings. The first-order valence-corrected chi connectivity index (χ1v) is 6.71. The summed E-state index contributed by atoms with van der Waals surface area (Å²) in [6.07, 6.45) is -0.735. The minimum Gasteiger partial charge on any atom is -0.492 e. The van der Waals surface area contributed by atoms with Crippen LogP contribution in [-0.4, -0.2) is 59.0 Å². The second kappa shape index (κ2) is 6.94. The van der Waals surface area contributed by atoms with Gasteiger partial charge in [-0.2, -0.15) is 0 Å². The summed E-state index contributed by atoms with van der Waals surface area (Å²) in [4.78, 5) is 24.1. The molecule has 21 heavy (non-hydrogen) atoms. The van der Waals surface area contributed by atoms with Crippen LogP contribution in [0.4, 0.5) is 4.79 Å². The topological polar surface area (TPSA) is 99.1 Å². The van der Waals surface area contributed by atoms with Crippen molar-refractivity contribution in [2.75, 3.05) is 19.7 Å². The predicted octanol–water partition coefficient (Wildman–Crippen LogP) is 0.295. The number of benzene rings is 1. The van der Waals surface area contributed by atoms with Gasteiger partial charge in [-0.1, -0.05) is 18.2 Å². The Hall–Kier alpha value is -2.28. The second-order valence-corrected chi connectivity index (χ2v) is 4.79. The standard InChI is InChI=1S/C14H18N2O5/c17-10-8-12(13(18)19)16(9-10)14(20)15-6-7-21-11-4-2-1-3-5-11/h1-5,10,12,17H,6-9H2,(H,15,20)(H,18,19)/t10-,12-/m0/s1. The van der Waals surface area contributed by atoms with Crippen molar-refractivity contribution in [1.29, 1.82) is 0 Å². The van der Waals surface area contributed by atoms with E-state index in [1.54, 1.807) is 12.1 Å². The number of carbonyl (C=O) groups is 2. The van der Waals surface area contributed by atoms with E-state index in [4.69, 9.17) is 9.84 Å². The molecule has 1 heterocycles. The molecule has 1 fully saturated rings.